The molecule has 1 amide bonds. The van der Waals surface area contributed by atoms with Crippen LogP contribution < -0.4 is 10.2 Å². The third-order valence-corrected chi connectivity index (χ3v) is 5.82. The Bertz CT molecular complexity index is 1170. The first-order chi connectivity index (χ1) is 15.3. The lowest BCUT2D eigenvalue weighted by Gasteiger charge is -2.32. The number of hydrogen-bond acceptors (Lipinski definition) is 5. The van der Waals surface area contributed by atoms with Crippen LogP contribution in [0.5, 0.6) is 0 Å². The van der Waals surface area contributed by atoms with E-state index in [2.05, 4.69) is 38.4 Å². The Morgan fingerprint density at radius 3 is 2.58 bits per heavy atom. The lowest BCUT2D eigenvalue weighted by molar-refractivity contribution is -0.125. The summed E-state index contributed by atoms with van der Waals surface area (Å²) in [6.07, 6.45) is 8.78. The van der Waals surface area contributed by atoms with Gasteiger partial charge in [0.25, 0.3) is 0 Å². The lowest BCUT2D eigenvalue weighted by Crippen LogP contribution is -2.40. The second kappa shape index (κ2) is 8.55. The fourth-order valence-electron chi connectivity index (χ4n) is 4.09. The van der Waals surface area contributed by atoms with E-state index in [1.165, 1.54) is 0 Å². The second-order valence-electron chi connectivity index (χ2n) is 7.81. The van der Waals surface area contributed by atoms with Crippen molar-refractivity contribution in [1.29, 1.82) is 0 Å². The van der Waals surface area contributed by atoms with E-state index in [1.54, 1.807) is 18.6 Å². The Hall–Kier alpha value is -3.74. The van der Waals surface area contributed by atoms with Crippen molar-refractivity contribution in [2.45, 2.75) is 19.4 Å². The molecule has 1 aromatic carbocycles. The van der Waals surface area contributed by atoms with Crippen molar-refractivity contribution < 1.29 is 4.79 Å². The monoisotopic (exact) mass is 412 g/mol. The van der Waals surface area contributed by atoms with Crippen molar-refractivity contribution in [2.24, 2.45) is 5.92 Å². The fourth-order valence-corrected chi connectivity index (χ4v) is 4.09. The molecule has 1 N–H and O–H groups in total. The molecule has 4 heterocycles. The molecule has 0 saturated carbocycles. The summed E-state index contributed by atoms with van der Waals surface area (Å²) in [5.74, 6) is 1.08. The number of fused-ring (bicyclic) bond motifs is 1. The summed E-state index contributed by atoms with van der Waals surface area (Å²) in [5, 5.41) is 7.78. The van der Waals surface area contributed by atoms with Gasteiger partial charge in [-0.1, -0.05) is 30.3 Å². The van der Waals surface area contributed by atoms with Crippen LogP contribution in [0.4, 0.5) is 5.82 Å². The Morgan fingerprint density at radius 1 is 1.03 bits per heavy atom. The summed E-state index contributed by atoms with van der Waals surface area (Å²) in [6, 6.07) is 16.1. The third-order valence-electron chi connectivity index (χ3n) is 5.82. The molecule has 1 aliphatic heterocycles. The van der Waals surface area contributed by atoms with Crippen LogP contribution in [-0.4, -0.2) is 38.6 Å². The summed E-state index contributed by atoms with van der Waals surface area (Å²) in [6.45, 7) is 2.14. The molecular weight excluding hydrogens is 388 g/mol. The molecule has 0 radical (unpaired) electrons. The topological polar surface area (TPSA) is 75.4 Å². The summed E-state index contributed by atoms with van der Waals surface area (Å²) in [7, 11) is 0. The zero-order chi connectivity index (χ0) is 21.0. The van der Waals surface area contributed by atoms with Crippen LogP contribution in [0.15, 0.2) is 73.3 Å². The number of nitrogens with one attached hydrogen (secondary N) is 1. The zero-order valence-corrected chi connectivity index (χ0v) is 17.2. The van der Waals surface area contributed by atoms with Gasteiger partial charge in [0.05, 0.1) is 5.69 Å². The van der Waals surface area contributed by atoms with E-state index in [4.69, 9.17) is 5.10 Å². The maximum Gasteiger partial charge on any atom is 0.223 e. The van der Waals surface area contributed by atoms with Crippen LogP contribution in [0.25, 0.3) is 16.8 Å². The van der Waals surface area contributed by atoms with E-state index in [0.717, 1.165) is 54.1 Å². The van der Waals surface area contributed by atoms with Crippen LogP contribution in [0.1, 0.15) is 18.4 Å². The van der Waals surface area contributed by atoms with Gasteiger partial charge < -0.3 is 10.2 Å². The smallest absolute Gasteiger partial charge is 0.223 e. The number of piperidine rings is 1. The Morgan fingerprint density at radius 2 is 1.81 bits per heavy atom. The summed E-state index contributed by atoms with van der Waals surface area (Å²) < 4.78 is 1.89. The van der Waals surface area contributed by atoms with E-state index in [0.29, 0.717) is 6.54 Å². The lowest BCUT2D eigenvalue weighted by atomic mass is 9.95. The second-order valence-corrected chi connectivity index (χ2v) is 7.81. The Balaban J connectivity index is 1.26. The Kier molecular flexibility index (Phi) is 5.31. The maximum absolute atomic E-state index is 12.6. The zero-order valence-electron chi connectivity index (χ0n) is 17.2. The largest absolute Gasteiger partial charge is 0.355 e. The normalized spacial score (nSPS) is 14.6. The van der Waals surface area contributed by atoms with Crippen molar-refractivity contribution in [3.05, 3.63) is 78.9 Å². The molecule has 0 bridgehead atoms. The molecule has 0 aliphatic carbocycles. The van der Waals surface area contributed by atoms with Crippen molar-refractivity contribution in [2.75, 3.05) is 18.0 Å². The first-order valence-corrected chi connectivity index (χ1v) is 10.6. The summed E-state index contributed by atoms with van der Waals surface area (Å²) >= 11 is 0. The summed E-state index contributed by atoms with van der Waals surface area (Å²) in [4.78, 5) is 23.5. The average molecular weight is 412 g/mol. The van der Waals surface area contributed by atoms with Crippen LogP contribution in [0.3, 0.4) is 0 Å². The maximum atomic E-state index is 12.6. The number of nitrogens with zero attached hydrogens (tertiary/aromatic N) is 5. The molecule has 0 unspecified atom stereocenters. The van der Waals surface area contributed by atoms with Crippen LogP contribution in [0, 0.1) is 5.92 Å². The van der Waals surface area contributed by atoms with Gasteiger partial charge in [-0.05, 0) is 36.6 Å². The van der Waals surface area contributed by atoms with Gasteiger partial charge in [-0.25, -0.2) is 9.50 Å². The van der Waals surface area contributed by atoms with Gasteiger partial charge in [-0.3, -0.25) is 9.78 Å². The minimum Gasteiger partial charge on any atom is -0.355 e. The molecule has 1 aliphatic rings. The number of carbonyl (C=O) groups excluding carboxylic acids is 1. The molecule has 0 spiro atoms. The minimum absolute atomic E-state index is 0.0302. The average Bonchev–Trinajstić information content (AvgIpc) is 3.28. The standard InChI is InChI=1S/C24H24N6O/c31-24(27-17-18-6-10-25-11-7-18)20-8-13-29(14-9-20)23-22-16-21(19-4-2-1-3-5-19)28-30(22)15-12-26-23/h1-7,10-12,15-16,20H,8-9,13-14,17H2,(H,27,31). The van der Waals surface area contributed by atoms with Crippen molar-refractivity contribution in [3.8, 4) is 11.3 Å². The van der Waals surface area contributed by atoms with Gasteiger partial charge in [-0.15, -0.1) is 0 Å². The van der Waals surface area contributed by atoms with E-state index in [9.17, 15) is 4.79 Å². The molecule has 7 nitrogen and oxygen atoms in total. The molecule has 1 saturated heterocycles. The number of anilines is 1. The number of carbonyl (C=O) groups is 1. The minimum atomic E-state index is 0.0302. The van der Waals surface area contributed by atoms with E-state index in [1.807, 2.05) is 41.0 Å². The molecule has 1 fully saturated rings. The highest BCUT2D eigenvalue weighted by Crippen LogP contribution is 2.28. The van der Waals surface area contributed by atoms with Gasteiger partial charge in [-0.2, -0.15) is 5.10 Å². The van der Waals surface area contributed by atoms with E-state index in [-0.39, 0.29) is 11.8 Å². The fraction of sp³-hybridized carbons (Fsp3) is 0.250. The summed E-state index contributed by atoms with van der Waals surface area (Å²) in [5.41, 5.74) is 4.07. The van der Waals surface area contributed by atoms with Crippen molar-refractivity contribution in [1.82, 2.24) is 24.9 Å². The number of rotatable bonds is 5. The highest BCUT2D eigenvalue weighted by Gasteiger charge is 2.26. The predicted molar refractivity (Wildman–Crippen MR) is 119 cm³/mol. The molecule has 156 valence electrons. The first kappa shape index (κ1) is 19.2. The van der Waals surface area contributed by atoms with Gasteiger partial charge >= 0.3 is 0 Å². The number of benzene rings is 1. The molecule has 5 rings (SSSR count). The number of amides is 1. The third kappa shape index (κ3) is 4.12. The van der Waals surface area contributed by atoms with Crippen LogP contribution in [0.2, 0.25) is 0 Å². The van der Waals surface area contributed by atoms with Crippen molar-refractivity contribution in [3.63, 3.8) is 0 Å². The number of aromatic nitrogens is 4. The van der Waals surface area contributed by atoms with Crippen LogP contribution in [-0.2, 0) is 11.3 Å². The van der Waals surface area contributed by atoms with E-state index >= 15 is 0 Å². The molecule has 4 aromatic rings. The first-order valence-electron chi connectivity index (χ1n) is 10.6. The number of hydrogen-bond donors (Lipinski definition) is 1. The van der Waals surface area contributed by atoms with Crippen molar-refractivity contribution >= 4 is 17.2 Å². The SMILES string of the molecule is O=C(NCc1ccncc1)C1CCN(c2nccn3nc(-c4ccccc4)cc23)CC1. The molecule has 31 heavy (non-hydrogen) atoms. The molecular formula is C24H24N6O. The van der Waals surface area contributed by atoms with Gasteiger partial charge in [0.2, 0.25) is 5.91 Å². The number of pyridine rings is 1. The predicted octanol–water partition coefficient (Wildman–Crippen LogP) is 3.32. The quantitative estimate of drug-likeness (QED) is 0.544. The van der Waals surface area contributed by atoms with Crippen LogP contribution >= 0.6 is 0 Å². The van der Waals surface area contributed by atoms with Gasteiger partial charge in [0, 0.05) is 55.9 Å². The highest BCUT2D eigenvalue weighted by molar-refractivity contribution is 5.79. The molecule has 3 aromatic heterocycles. The molecule has 0 atom stereocenters. The molecule has 7 heteroatoms. The van der Waals surface area contributed by atoms with Gasteiger partial charge in [0.1, 0.15) is 5.52 Å². The van der Waals surface area contributed by atoms with E-state index < -0.39 is 0 Å². The Labute approximate surface area is 180 Å². The highest BCUT2D eigenvalue weighted by atomic mass is 16.1. The van der Waals surface area contributed by atoms with Gasteiger partial charge in [0.15, 0.2) is 5.82 Å².